The predicted octanol–water partition coefficient (Wildman–Crippen LogP) is 1.11. The zero-order valence-electron chi connectivity index (χ0n) is 14.1. The Bertz CT molecular complexity index is 513. The lowest BCUT2D eigenvalue weighted by Crippen LogP contribution is -2.52. The molecule has 1 atom stereocenters. The molecule has 0 saturated carbocycles. The highest BCUT2D eigenvalue weighted by molar-refractivity contribution is 5.80. The van der Waals surface area contributed by atoms with Crippen molar-refractivity contribution in [1.82, 2.24) is 10.2 Å². The number of benzene rings is 1. The number of guanidine groups is 1. The minimum atomic E-state index is 0.157. The second-order valence-electron chi connectivity index (χ2n) is 5.95. The first kappa shape index (κ1) is 17.4. The highest BCUT2D eigenvalue weighted by Crippen LogP contribution is 2.27. The van der Waals surface area contributed by atoms with Gasteiger partial charge < -0.3 is 25.3 Å². The molecule has 0 radical (unpaired) electrons. The summed E-state index contributed by atoms with van der Waals surface area (Å²) in [6.45, 7) is 9.05. The molecule has 1 saturated heterocycles. The molecule has 1 aromatic carbocycles. The number of para-hydroxylation sites is 2. The number of hydrogen-bond acceptors (Lipinski definition) is 4. The van der Waals surface area contributed by atoms with Crippen molar-refractivity contribution in [2.24, 2.45) is 10.9 Å². The summed E-state index contributed by atoms with van der Waals surface area (Å²) < 4.78 is 0. The summed E-state index contributed by atoms with van der Waals surface area (Å²) in [6, 6.07) is 7.47. The summed E-state index contributed by atoms with van der Waals surface area (Å²) in [7, 11) is 0. The van der Waals surface area contributed by atoms with Gasteiger partial charge >= 0.3 is 0 Å². The number of phenols is 1. The van der Waals surface area contributed by atoms with E-state index in [1.54, 1.807) is 6.07 Å². The predicted molar refractivity (Wildman–Crippen MR) is 94.1 cm³/mol. The van der Waals surface area contributed by atoms with Crippen molar-refractivity contribution in [3.63, 3.8) is 0 Å². The molecular weight excluding hydrogens is 292 g/mol. The number of aliphatic imine (C=N–C) groups is 1. The number of aliphatic hydroxyl groups is 1. The Kier molecular flexibility index (Phi) is 6.52. The molecule has 0 amide bonds. The van der Waals surface area contributed by atoms with Crippen molar-refractivity contribution >= 4 is 11.6 Å². The highest BCUT2D eigenvalue weighted by atomic mass is 16.3. The van der Waals surface area contributed by atoms with E-state index in [1.807, 2.05) is 25.1 Å². The Balaban J connectivity index is 1.97. The summed E-state index contributed by atoms with van der Waals surface area (Å²) in [5, 5.41) is 22.4. The molecule has 6 heteroatoms. The number of rotatable bonds is 5. The van der Waals surface area contributed by atoms with Gasteiger partial charge in [-0.3, -0.25) is 4.99 Å². The molecule has 0 aromatic heterocycles. The number of aromatic hydroxyl groups is 1. The SMILES string of the molecule is CCNC(=NCC(C)CO)N1CCN(c2ccccc2O)CC1. The largest absolute Gasteiger partial charge is 0.506 e. The molecule has 1 fully saturated rings. The van der Waals surface area contributed by atoms with Crippen molar-refractivity contribution in [2.45, 2.75) is 13.8 Å². The van der Waals surface area contributed by atoms with Gasteiger partial charge in [0.15, 0.2) is 5.96 Å². The molecule has 2 rings (SSSR count). The van der Waals surface area contributed by atoms with Gasteiger partial charge in [0.05, 0.1) is 5.69 Å². The van der Waals surface area contributed by atoms with Crippen molar-refractivity contribution in [3.8, 4) is 5.75 Å². The fourth-order valence-electron chi connectivity index (χ4n) is 2.62. The van der Waals surface area contributed by atoms with Gasteiger partial charge in [0.1, 0.15) is 5.75 Å². The number of phenolic OH excluding ortho intramolecular Hbond substituents is 1. The Morgan fingerprint density at radius 1 is 1.26 bits per heavy atom. The molecule has 128 valence electrons. The molecule has 3 N–H and O–H groups in total. The van der Waals surface area contributed by atoms with Crippen LogP contribution in [0.2, 0.25) is 0 Å². The van der Waals surface area contributed by atoms with Crippen LogP contribution in [0.4, 0.5) is 5.69 Å². The van der Waals surface area contributed by atoms with Crippen molar-refractivity contribution < 1.29 is 10.2 Å². The van der Waals surface area contributed by atoms with Gasteiger partial charge in [-0.05, 0) is 25.0 Å². The first-order chi connectivity index (χ1) is 11.2. The maximum absolute atomic E-state index is 9.98. The van der Waals surface area contributed by atoms with Gasteiger partial charge in [-0.2, -0.15) is 0 Å². The van der Waals surface area contributed by atoms with E-state index in [1.165, 1.54) is 0 Å². The molecule has 0 aliphatic carbocycles. The summed E-state index contributed by atoms with van der Waals surface area (Å²) >= 11 is 0. The molecule has 0 spiro atoms. The number of aliphatic hydroxyl groups excluding tert-OH is 1. The van der Waals surface area contributed by atoms with Crippen LogP contribution < -0.4 is 10.2 Å². The summed E-state index contributed by atoms with van der Waals surface area (Å²) in [4.78, 5) is 9.07. The van der Waals surface area contributed by atoms with Crippen molar-refractivity contribution in [3.05, 3.63) is 24.3 Å². The summed E-state index contributed by atoms with van der Waals surface area (Å²) in [6.07, 6.45) is 0. The van der Waals surface area contributed by atoms with Crippen LogP contribution in [0.1, 0.15) is 13.8 Å². The van der Waals surface area contributed by atoms with Gasteiger partial charge in [0, 0.05) is 45.9 Å². The number of piperazine rings is 1. The van der Waals surface area contributed by atoms with Crippen molar-refractivity contribution in [1.29, 1.82) is 0 Å². The molecule has 6 nitrogen and oxygen atoms in total. The molecule has 1 unspecified atom stereocenters. The van der Waals surface area contributed by atoms with E-state index in [2.05, 4.69) is 27.0 Å². The minimum Gasteiger partial charge on any atom is -0.506 e. The topological polar surface area (TPSA) is 71.3 Å². The number of hydrogen-bond donors (Lipinski definition) is 3. The Morgan fingerprint density at radius 2 is 1.96 bits per heavy atom. The van der Waals surface area contributed by atoms with E-state index in [9.17, 15) is 5.11 Å². The average molecular weight is 320 g/mol. The van der Waals surface area contributed by atoms with Gasteiger partial charge in [0.25, 0.3) is 0 Å². The third-order valence-corrected chi connectivity index (χ3v) is 4.00. The lowest BCUT2D eigenvalue weighted by Gasteiger charge is -2.38. The maximum atomic E-state index is 9.98. The van der Waals surface area contributed by atoms with Crippen LogP contribution >= 0.6 is 0 Å². The molecule has 23 heavy (non-hydrogen) atoms. The van der Waals surface area contributed by atoms with Gasteiger partial charge in [-0.1, -0.05) is 19.1 Å². The highest BCUT2D eigenvalue weighted by Gasteiger charge is 2.21. The van der Waals surface area contributed by atoms with E-state index in [0.717, 1.165) is 44.4 Å². The molecule has 1 aliphatic rings. The maximum Gasteiger partial charge on any atom is 0.194 e. The summed E-state index contributed by atoms with van der Waals surface area (Å²) in [5.41, 5.74) is 0.892. The lowest BCUT2D eigenvalue weighted by molar-refractivity contribution is 0.241. The molecule has 1 aliphatic heterocycles. The van der Waals surface area contributed by atoms with Gasteiger partial charge in [-0.25, -0.2) is 0 Å². The second-order valence-corrected chi connectivity index (χ2v) is 5.95. The second kappa shape index (κ2) is 8.62. The van der Waals surface area contributed by atoms with E-state index in [-0.39, 0.29) is 12.5 Å². The quantitative estimate of drug-likeness (QED) is 0.560. The number of anilines is 1. The third kappa shape index (κ3) is 4.76. The number of nitrogens with one attached hydrogen (secondary N) is 1. The normalized spacial score (nSPS) is 17.3. The van der Waals surface area contributed by atoms with Crippen LogP contribution in [-0.4, -0.2) is 66.9 Å². The average Bonchev–Trinajstić information content (AvgIpc) is 2.59. The van der Waals surface area contributed by atoms with Crippen LogP contribution in [0.15, 0.2) is 29.3 Å². The third-order valence-electron chi connectivity index (χ3n) is 4.00. The van der Waals surface area contributed by atoms with Crippen LogP contribution in [0.5, 0.6) is 5.75 Å². The van der Waals surface area contributed by atoms with Gasteiger partial charge in [0.2, 0.25) is 0 Å². The summed E-state index contributed by atoms with van der Waals surface area (Å²) in [5.74, 6) is 1.41. The van der Waals surface area contributed by atoms with E-state index >= 15 is 0 Å². The standard InChI is InChI=1S/C17H28N4O2/c1-3-18-17(19-12-14(2)13-22)21-10-8-20(9-11-21)15-6-4-5-7-16(15)23/h4-7,14,22-23H,3,8-13H2,1-2H3,(H,18,19). The fraction of sp³-hybridized carbons (Fsp3) is 0.588. The zero-order valence-corrected chi connectivity index (χ0v) is 14.1. The monoisotopic (exact) mass is 320 g/mol. The van der Waals surface area contributed by atoms with Gasteiger partial charge in [-0.15, -0.1) is 0 Å². The van der Waals surface area contributed by atoms with Crippen LogP contribution in [0.25, 0.3) is 0 Å². The minimum absolute atomic E-state index is 0.157. The van der Waals surface area contributed by atoms with E-state index in [4.69, 9.17) is 5.11 Å². The fourth-order valence-corrected chi connectivity index (χ4v) is 2.62. The molecule has 1 heterocycles. The zero-order chi connectivity index (χ0) is 16.7. The van der Waals surface area contributed by atoms with Crippen LogP contribution in [-0.2, 0) is 0 Å². The van der Waals surface area contributed by atoms with E-state index < -0.39 is 0 Å². The first-order valence-electron chi connectivity index (χ1n) is 8.32. The smallest absolute Gasteiger partial charge is 0.194 e. The Labute approximate surface area is 138 Å². The first-order valence-corrected chi connectivity index (χ1v) is 8.32. The lowest BCUT2D eigenvalue weighted by atomic mass is 10.2. The van der Waals surface area contributed by atoms with Crippen LogP contribution in [0, 0.1) is 5.92 Å². The Hall–Kier alpha value is -1.95. The Morgan fingerprint density at radius 3 is 2.57 bits per heavy atom. The van der Waals surface area contributed by atoms with Crippen LogP contribution in [0.3, 0.4) is 0 Å². The van der Waals surface area contributed by atoms with Crippen molar-refractivity contribution in [2.75, 3.05) is 50.8 Å². The molecular formula is C17H28N4O2. The molecule has 1 aromatic rings. The molecule has 0 bridgehead atoms. The van der Waals surface area contributed by atoms with E-state index in [0.29, 0.717) is 12.3 Å². The number of nitrogens with zero attached hydrogens (tertiary/aromatic N) is 3.